The zero-order chi connectivity index (χ0) is 22.6. The second-order valence-electron chi connectivity index (χ2n) is 7.68. The highest BCUT2D eigenvalue weighted by Gasteiger charge is 2.32. The van der Waals surface area contributed by atoms with Gasteiger partial charge < -0.3 is 10.1 Å². The molecular weight excluding hydrogens is 416 g/mol. The van der Waals surface area contributed by atoms with Crippen LogP contribution in [-0.2, 0) is 19.6 Å². The van der Waals surface area contributed by atoms with E-state index in [9.17, 15) is 18.0 Å². The molecule has 1 N–H and O–H groups in total. The summed E-state index contributed by atoms with van der Waals surface area (Å²) in [5.74, 6) is -0.891. The molecule has 1 aliphatic rings. The highest BCUT2D eigenvalue weighted by atomic mass is 32.2. The molecule has 0 unspecified atom stereocenters. The maximum Gasteiger partial charge on any atom is 0.338 e. The van der Waals surface area contributed by atoms with Crippen LogP contribution in [0.5, 0.6) is 0 Å². The molecule has 0 spiro atoms. The summed E-state index contributed by atoms with van der Waals surface area (Å²) in [5.41, 5.74) is 2.62. The Balaban J connectivity index is 1.64. The van der Waals surface area contributed by atoms with E-state index in [2.05, 4.69) is 5.32 Å². The number of carbonyl (C=O) groups excluding carboxylic acids is 2. The van der Waals surface area contributed by atoms with Gasteiger partial charge in [-0.15, -0.1) is 0 Å². The van der Waals surface area contributed by atoms with Crippen molar-refractivity contribution >= 4 is 27.6 Å². The van der Waals surface area contributed by atoms with Crippen LogP contribution in [0.1, 0.15) is 41.3 Å². The standard InChI is InChI=1S/C23H28N2O5S/c1-4-30-23(27)20-6-5-7-21(17(20)3)24-22(26)18-12-14-25(15-13-18)31(28,29)19-10-8-16(2)9-11-19/h5-11,18H,4,12-15H2,1-3H3,(H,24,26). The number of nitrogens with zero attached hydrogens (tertiary/aromatic N) is 1. The third-order valence-corrected chi connectivity index (χ3v) is 7.48. The lowest BCUT2D eigenvalue weighted by Crippen LogP contribution is -2.41. The van der Waals surface area contributed by atoms with Gasteiger partial charge in [0.15, 0.2) is 0 Å². The molecule has 0 aliphatic carbocycles. The third-order valence-electron chi connectivity index (χ3n) is 5.57. The highest BCUT2D eigenvalue weighted by molar-refractivity contribution is 7.89. The summed E-state index contributed by atoms with van der Waals surface area (Å²) in [6, 6.07) is 11.9. The fourth-order valence-electron chi connectivity index (χ4n) is 3.65. The first-order chi connectivity index (χ1) is 14.7. The van der Waals surface area contributed by atoms with Crippen molar-refractivity contribution in [2.75, 3.05) is 25.0 Å². The van der Waals surface area contributed by atoms with Crippen molar-refractivity contribution in [3.8, 4) is 0 Å². The van der Waals surface area contributed by atoms with E-state index >= 15 is 0 Å². The van der Waals surface area contributed by atoms with Gasteiger partial charge in [0.1, 0.15) is 0 Å². The lowest BCUT2D eigenvalue weighted by molar-refractivity contribution is -0.120. The maximum absolute atomic E-state index is 12.8. The minimum Gasteiger partial charge on any atom is -0.462 e. The number of ether oxygens (including phenoxy) is 1. The van der Waals surface area contributed by atoms with Gasteiger partial charge in [0.25, 0.3) is 0 Å². The number of carbonyl (C=O) groups is 2. The average molecular weight is 445 g/mol. The molecule has 0 bridgehead atoms. The number of piperidine rings is 1. The number of hydrogen-bond donors (Lipinski definition) is 1. The van der Waals surface area contributed by atoms with Gasteiger partial charge in [-0.25, -0.2) is 13.2 Å². The molecular formula is C23H28N2O5S. The molecule has 2 aromatic carbocycles. The zero-order valence-corrected chi connectivity index (χ0v) is 18.9. The number of aryl methyl sites for hydroxylation is 1. The Bertz CT molecular complexity index is 1060. The summed E-state index contributed by atoms with van der Waals surface area (Å²) >= 11 is 0. The summed E-state index contributed by atoms with van der Waals surface area (Å²) < 4.78 is 32.2. The second kappa shape index (κ2) is 9.62. The van der Waals surface area contributed by atoms with Crippen molar-refractivity contribution < 1.29 is 22.7 Å². The number of amides is 1. The molecule has 7 nitrogen and oxygen atoms in total. The van der Waals surface area contributed by atoms with Crippen LogP contribution in [0.25, 0.3) is 0 Å². The molecule has 0 atom stereocenters. The normalized spacial score (nSPS) is 15.5. The van der Waals surface area contributed by atoms with Crippen LogP contribution in [0, 0.1) is 19.8 Å². The molecule has 1 heterocycles. The topological polar surface area (TPSA) is 92.8 Å². The van der Waals surface area contributed by atoms with E-state index in [0.29, 0.717) is 29.7 Å². The van der Waals surface area contributed by atoms with Gasteiger partial charge in [-0.05, 0) is 63.4 Å². The Labute approximate surface area is 183 Å². The van der Waals surface area contributed by atoms with Crippen LogP contribution in [0.2, 0.25) is 0 Å². The Morgan fingerprint density at radius 1 is 1.06 bits per heavy atom. The quantitative estimate of drug-likeness (QED) is 0.688. The molecule has 1 fully saturated rings. The third kappa shape index (κ3) is 5.14. The summed E-state index contributed by atoms with van der Waals surface area (Å²) in [6.45, 7) is 6.26. The Kier molecular flexibility index (Phi) is 7.12. The minimum absolute atomic E-state index is 0.170. The number of esters is 1. The van der Waals surface area contributed by atoms with E-state index in [1.165, 1.54) is 4.31 Å². The van der Waals surface area contributed by atoms with Crippen molar-refractivity contribution in [1.29, 1.82) is 0 Å². The van der Waals surface area contributed by atoms with Crippen LogP contribution in [0.15, 0.2) is 47.4 Å². The van der Waals surface area contributed by atoms with Crippen molar-refractivity contribution in [1.82, 2.24) is 4.31 Å². The van der Waals surface area contributed by atoms with Gasteiger partial charge in [-0.2, -0.15) is 4.31 Å². The average Bonchev–Trinajstić information content (AvgIpc) is 2.75. The van der Waals surface area contributed by atoms with Gasteiger partial charge in [0.05, 0.1) is 17.1 Å². The predicted octanol–water partition coefficient (Wildman–Crippen LogP) is 3.52. The molecule has 0 saturated carbocycles. The molecule has 1 saturated heterocycles. The van der Waals surface area contributed by atoms with Gasteiger partial charge in [0, 0.05) is 24.7 Å². The lowest BCUT2D eigenvalue weighted by Gasteiger charge is -2.30. The first-order valence-corrected chi connectivity index (χ1v) is 11.8. The van der Waals surface area contributed by atoms with Crippen molar-refractivity contribution in [2.45, 2.75) is 38.5 Å². The first-order valence-electron chi connectivity index (χ1n) is 10.4. The summed E-state index contributed by atoms with van der Waals surface area (Å²) in [5, 5.41) is 2.89. The molecule has 0 aromatic heterocycles. The molecule has 1 aliphatic heterocycles. The number of rotatable bonds is 6. The Morgan fingerprint density at radius 2 is 1.71 bits per heavy atom. The number of sulfonamides is 1. The van der Waals surface area contributed by atoms with Crippen LogP contribution in [0.4, 0.5) is 5.69 Å². The zero-order valence-electron chi connectivity index (χ0n) is 18.1. The lowest BCUT2D eigenvalue weighted by atomic mass is 9.96. The first kappa shape index (κ1) is 23.0. The number of benzene rings is 2. The number of nitrogens with one attached hydrogen (secondary N) is 1. The molecule has 2 aromatic rings. The maximum atomic E-state index is 12.8. The molecule has 8 heteroatoms. The summed E-state index contributed by atoms with van der Waals surface area (Å²) in [7, 11) is -3.56. The molecule has 3 rings (SSSR count). The number of hydrogen-bond acceptors (Lipinski definition) is 5. The summed E-state index contributed by atoms with van der Waals surface area (Å²) in [6.07, 6.45) is 0.876. The van der Waals surface area contributed by atoms with E-state index in [4.69, 9.17) is 4.74 Å². The monoisotopic (exact) mass is 444 g/mol. The van der Waals surface area contributed by atoms with Crippen LogP contribution >= 0.6 is 0 Å². The largest absolute Gasteiger partial charge is 0.462 e. The van der Waals surface area contributed by atoms with E-state index in [-0.39, 0.29) is 36.4 Å². The highest BCUT2D eigenvalue weighted by Crippen LogP contribution is 2.26. The fourth-order valence-corrected chi connectivity index (χ4v) is 5.12. The Hall–Kier alpha value is -2.71. The fraction of sp³-hybridized carbons (Fsp3) is 0.391. The predicted molar refractivity (Wildman–Crippen MR) is 118 cm³/mol. The van der Waals surface area contributed by atoms with E-state index < -0.39 is 16.0 Å². The van der Waals surface area contributed by atoms with E-state index in [1.807, 2.05) is 6.92 Å². The van der Waals surface area contributed by atoms with Crippen LogP contribution in [-0.4, -0.2) is 44.3 Å². The Morgan fingerprint density at radius 3 is 2.32 bits per heavy atom. The smallest absolute Gasteiger partial charge is 0.338 e. The minimum atomic E-state index is -3.56. The van der Waals surface area contributed by atoms with Crippen molar-refractivity contribution in [2.24, 2.45) is 5.92 Å². The van der Waals surface area contributed by atoms with Gasteiger partial charge in [0.2, 0.25) is 15.9 Å². The van der Waals surface area contributed by atoms with Crippen molar-refractivity contribution in [3.63, 3.8) is 0 Å². The van der Waals surface area contributed by atoms with Crippen LogP contribution in [0.3, 0.4) is 0 Å². The molecule has 1 amide bonds. The second-order valence-corrected chi connectivity index (χ2v) is 9.62. The SMILES string of the molecule is CCOC(=O)c1cccc(NC(=O)C2CCN(S(=O)(=O)c3ccc(C)cc3)CC2)c1C. The van der Waals surface area contributed by atoms with Crippen molar-refractivity contribution in [3.05, 3.63) is 59.2 Å². The number of anilines is 1. The molecule has 31 heavy (non-hydrogen) atoms. The molecule has 0 radical (unpaired) electrons. The van der Waals surface area contributed by atoms with Gasteiger partial charge in [-0.3, -0.25) is 4.79 Å². The van der Waals surface area contributed by atoms with Gasteiger partial charge >= 0.3 is 5.97 Å². The van der Waals surface area contributed by atoms with Crippen LogP contribution < -0.4 is 5.32 Å². The molecule has 166 valence electrons. The van der Waals surface area contributed by atoms with Gasteiger partial charge in [-0.1, -0.05) is 23.8 Å². The van der Waals surface area contributed by atoms with E-state index in [1.54, 1.807) is 56.3 Å². The van der Waals surface area contributed by atoms with E-state index in [0.717, 1.165) is 5.56 Å². The summed E-state index contributed by atoms with van der Waals surface area (Å²) in [4.78, 5) is 25.1.